The Morgan fingerprint density at radius 1 is 1.14 bits per heavy atom. The Kier molecular flexibility index (Phi) is 6.79. The number of nitrogens with one attached hydrogen (secondary N) is 2. The zero-order chi connectivity index (χ0) is 20.9. The molecule has 0 saturated carbocycles. The minimum atomic E-state index is -0.473. The molecule has 1 heterocycles. The highest BCUT2D eigenvalue weighted by molar-refractivity contribution is 9.10. The van der Waals surface area contributed by atoms with E-state index >= 15 is 0 Å². The van der Waals surface area contributed by atoms with Crippen LogP contribution in [0.15, 0.2) is 53.0 Å². The molecule has 0 unspecified atom stereocenters. The molecule has 1 fully saturated rings. The quantitative estimate of drug-likeness (QED) is 0.695. The average molecular weight is 460 g/mol. The summed E-state index contributed by atoms with van der Waals surface area (Å²) in [7, 11) is 1.63. The molecule has 29 heavy (non-hydrogen) atoms. The number of rotatable bonds is 5. The molecule has 7 heteroatoms. The predicted molar refractivity (Wildman–Crippen MR) is 117 cm³/mol. The zero-order valence-corrected chi connectivity index (χ0v) is 18.3. The molecule has 0 spiro atoms. The van der Waals surface area contributed by atoms with Crippen molar-refractivity contribution in [3.8, 4) is 5.75 Å². The number of likely N-dealkylation sites (tertiary alicyclic amines) is 1. The van der Waals surface area contributed by atoms with Crippen molar-refractivity contribution in [3.63, 3.8) is 0 Å². The molecule has 1 aliphatic rings. The lowest BCUT2D eigenvalue weighted by molar-refractivity contribution is -0.132. The third kappa shape index (κ3) is 5.50. The van der Waals surface area contributed by atoms with Gasteiger partial charge in [0, 0.05) is 35.2 Å². The van der Waals surface area contributed by atoms with Crippen LogP contribution in [0.4, 0.5) is 10.5 Å². The number of piperidine rings is 1. The minimum absolute atomic E-state index is 0.0281. The van der Waals surface area contributed by atoms with Crippen LogP contribution in [0.25, 0.3) is 0 Å². The van der Waals surface area contributed by atoms with Crippen LogP contribution in [0.2, 0.25) is 0 Å². The first kappa shape index (κ1) is 21.2. The number of hydrogen-bond donors (Lipinski definition) is 2. The Labute approximate surface area is 179 Å². The number of carbonyl (C=O) groups is 2. The molecule has 0 radical (unpaired) electrons. The van der Waals surface area contributed by atoms with E-state index in [1.165, 1.54) is 0 Å². The lowest BCUT2D eigenvalue weighted by atomic mass is 9.79. The van der Waals surface area contributed by atoms with E-state index in [1.807, 2.05) is 55.5 Å². The largest absolute Gasteiger partial charge is 0.497 e. The second kappa shape index (κ2) is 9.31. The predicted octanol–water partition coefficient (Wildman–Crippen LogP) is 4.41. The average Bonchev–Trinajstić information content (AvgIpc) is 2.72. The molecule has 6 nitrogen and oxygen atoms in total. The summed E-state index contributed by atoms with van der Waals surface area (Å²) < 4.78 is 6.06. The van der Waals surface area contributed by atoms with Gasteiger partial charge in [-0.2, -0.15) is 0 Å². The van der Waals surface area contributed by atoms with Gasteiger partial charge in [0.25, 0.3) is 0 Å². The molecular weight excluding hydrogens is 434 g/mol. The summed E-state index contributed by atoms with van der Waals surface area (Å²) in [6.07, 6.45) is 1.26. The van der Waals surface area contributed by atoms with Gasteiger partial charge in [-0.1, -0.05) is 41.1 Å². The number of ether oxygens (including phenoxy) is 1. The fourth-order valence-corrected chi connectivity index (χ4v) is 3.74. The Bertz CT molecular complexity index is 862. The summed E-state index contributed by atoms with van der Waals surface area (Å²) in [6.45, 7) is 3.55. The summed E-state index contributed by atoms with van der Waals surface area (Å²) in [5.41, 5.74) is 1.29. The van der Waals surface area contributed by atoms with Crippen LogP contribution in [0, 0.1) is 5.41 Å². The molecule has 3 amide bonds. The SMILES string of the molecule is COc1ccc(CNC(=O)C2(C)CCN(C(=O)Nc3cccc(Br)c3)CC2)cc1. The van der Waals surface area contributed by atoms with Gasteiger partial charge in [-0.3, -0.25) is 4.79 Å². The summed E-state index contributed by atoms with van der Waals surface area (Å²) >= 11 is 3.40. The monoisotopic (exact) mass is 459 g/mol. The van der Waals surface area contributed by atoms with Gasteiger partial charge in [0.1, 0.15) is 5.75 Å². The number of carbonyl (C=O) groups excluding carboxylic acids is 2. The van der Waals surface area contributed by atoms with E-state index in [1.54, 1.807) is 12.0 Å². The molecule has 2 aromatic carbocycles. The van der Waals surface area contributed by atoms with Crippen LogP contribution in [-0.2, 0) is 11.3 Å². The van der Waals surface area contributed by atoms with E-state index in [2.05, 4.69) is 26.6 Å². The first-order valence-corrected chi connectivity index (χ1v) is 10.4. The van der Waals surface area contributed by atoms with E-state index in [0.29, 0.717) is 32.5 Å². The van der Waals surface area contributed by atoms with Gasteiger partial charge in [-0.25, -0.2) is 4.79 Å². The number of methoxy groups -OCH3 is 1. The lowest BCUT2D eigenvalue weighted by Gasteiger charge is -2.38. The number of halogens is 1. The Morgan fingerprint density at radius 3 is 2.45 bits per heavy atom. The molecule has 1 saturated heterocycles. The Morgan fingerprint density at radius 2 is 1.83 bits per heavy atom. The second-order valence-electron chi connectivity index (χ2n) is 7.52. The summed E-state index contributed by atoms with van der Waals surface area (Å²) in [6, 6.07) is 15.0. The number of benzene rings is 2. The van der Waals surface area contributed by atoms with E-state index < -0.39 is 5.41 Å². The number of nitrogens with zero attached hydrogens (tertiary/aromatic N) is 1. The first-order valence-electron chi connectivity index (χ1n) is 9.62. The fraction of sp³-hybridized carbons (Fsp3) is 0.364. The van der Waals surface area contributed by atoms with Crippen molar-refractivity contribution in [2.75, 3.05) is 25.5 Å². The third-order valence-corrected chi connectivity index (χ3v) is 5.88. The van der Waals surface area contributed by atoms with Crippen molar-refractivity contribution in [3.05, 3.63) is 58.6 Å². The van der Waals surface area contributed by atoms with Gasteiger partial charge in [0.15, 0.2) is 0 Å². The Hall–Kier alpha value is -2.54. The Balaban J connectivity index is 1.49. The smallest absolute Gasteiger partial charge is 0.321 e. The van der Waals surface area contributed by atoms with E-state index in [-0.39, 0.29) is 11.9 Å². The number of urea groups is 1. The van der Waals surface area contributed by atoms with Gasteiger partial charge < -0.3 is 20.3 Å². The van der Waals surface area contributed by atoms with Crippen LogP contribution < -0.4 is 15.4 Å². The molecule has 154 valence electrons. The van der Waals surface area contributed by atoms with Crippen LogP contribution in [-0.4, -0.2) is 37.0 Å². The minimum Gasteiger partial charge on any atom is -0.497 e. The summed E-state index contributed by atoms with van der Waals surface area (Å²) in [5, 5.41) is 5.94. The van der Waals surface area contributed by atoms with Crippen molar-refractivity contribution >= 4 is 33.6 Å². The van der Waals surface area contributed by atoms with Crippen molar-refractivity contribution in [2.24, 2.45) is 5.41 Å². The molecule has 0 bridgehead atoms. The molecule has 2 aromatic rings. The zero-order valence-electron chi connectivity index (χ0n) is 16.7. The van der Waals surface area contributed by atoms with Crippen LogP contribution in [0.3, 0.4) is 0 Å². The lowest BCUT2D eigenvalue weighted by Crippen LogP contribution is -2.49. The van der Waals surface area contributed by atoms with Crippen LogP contribution in [0.1, 0.15) is 25.3 Å². The highest BCUT2D eigenvalue weighted by Gasteiger charge is 2.37. The van der Waals surface area contributed by atoms with Gasteiger partial charge in [-0.15, -0.1) is 0 Å². The number of anilines is 1. The van der Waals surface area contributed by atoms with Gasteiger partial charge >= 0.3 is 6.03 Å². The fourth-order valence-electron chi connectivity index (χ4n) is 3.34. The maximum Gasteiger partial charge on any atom is 0.321 e. The highest BCUT2D eigenvalue weighted by Crippen LogP contribution is 2.31. The van der Waals surface area contributed by atoms with Crippen molar-refractivity contribution in [2.45, 2.75) is 26.3 Å². The molecular formula is C22H26BrN3O3. The van der Waals surface area contributed by atoms with Crippen LogP contribution in [0.5, 0.6) is 5.75 Å². The van der Waals surface area contributed by atoms with E-state index in [0.717, 1.165) is 21.5 Å². The van der Waals surface area contributed by atoms with Crippen molar-refractivity contribution in [1.29, 1.82) is 0 Å². The van der Waals surface area contributed by atoms with Gasteiger partial charge in [-0.05, 0) is 48.7 Å². The van der Waals surface area contributed by atoms with Crippen LogP contribution >= 0.6 is 15.9 Å². The molecule has 0 aromatic heterocycles. The van der Waals surface area contributed by atoms with Gasteiger partial charge in [0.05, 0.1) is 7.11 Å². The topological polar surface area (TPSA) is 70.7 Å². The molecule has 2 N–H and O–H groups in total. The maximum atomic E-state index is 12.8. The third-order valence-electron chi connectivity index (χ3n) is 5.39. The first-order chi connectivity index (χ1) is 13.9. The van der Waals surface area contributed by atoms with E-state index in [9.17, 15) is 9.59 Å². The maximum absolute atomic E-state index is 12.8. The number of hydrogen-bond acceptors (Lipinski definition) is 3. The highest BCUT2D eigenvalue weighted by atomic mass is 79.9. The summed E-state index contributed by atoms with van der Waals surface area (Å²) in [5.74, 6) is 0.820. The number of amides is 3. The standard InChI is InChI=1S/C22H26BrN3O3/c1-22(20(27)24-15-16-6-8-19(29-2)9-7-16)10-12-26(13-11-22)21(28)25-18-5-3-4-17(23)14-18/h3-9,14H,10-13,15H2,1-2H3,(H,24,27)(H,25,28). The second-order valence-corrected chi connectivity index (χ2v) is 8.43. The van der Waals surface area contributed by atoms with Crippen molar-refractivity contribution in [1.82, 2.24) is 10.2 Å². The molecule has 3 rings (SSSR count). The molecule has 1 aliphatic heterocycles. The molecule has 0 aliphatic carbocycles. The molecule has 0 atom stereocenters. The normalized spacial score (nSPS) is 15.5. The van der Waals surface area contributed by atoms with E-state index in [4.69, 9.17) is 4.74 Å². The van der Waals surface area contributed by atoms with Gasteiger partial charge in [0.2, 0.25) is 5.91 Å². The summed E-state index contributed by atoms with van der Waals surface area (Å²) in [4.78, 5) is 27.0. The van der Waals surface area contributed by atoms with Crippen molar-refractivity contribution < 1.29 is 14.3 Å².